The molecule has 0 nitrogen and oxygen atoms in total. The Morgan fingerprint density at radius 2 is 1.92 bits per heavy atom. The van der Waals surface area contributed by atoms with E-state index in [2.05, 4.69) is 20.8 Å². The molecule has 1 aliphatic carbocycles. The van der Waals surface area contributed by atoms with Crippen molar-refractivity contribution in [3.05, 3.63) is 0 Å². The monoisotopic (exact) mass is 168 g/mol. The molecule has 1 rings (SSSR count). The molecule has 0 amide bonds. The summed E-state index contributed by atoms with van der Waals surface area (Å²) in [5, 5.41) is 0. The van der Waals surface area contributed by atoms with E-state index in [1.807, 2.05) is 0 Å². The van der Waals surface area contributed by atoms with E-state index in [1.54, 1.807) is 0 Å². The summed E-state index contributed by atoms with van der Waals surface area (Å²) in [5.41, 5.74) is 0. The number of hydrogen-bond acceptors (Lipinski definition) is 0. The smallest absolute Gasteiger partial charge is 0.0363 e. The van der Waals surface area contributed by atoms with Crippen molar-refractivity contribution in [2.75, 3.05) is 0 Å². The molecule has 1 atom stereocenters. The molecule has 0 bridgehead atoms. The zero-order chi connectivity index (χ0) is 8.97. The van der Waals surface area contributed by atoms with Crippen LogP contribution in [-0.2, 0) is 0 Å². The second kappa shape index (κ2) is 4.89. The quantitative estimate of drug-likeness (QED) is 0.575. The zero-order valence-corrected chi connectivity index (χ0v) is 8.97. The van der Waals surface area contributed by atoms with Crippen molar-refractivity contribution >= 4 is 0 Å². The molecule has 12 heavy (non-hydrogen) atoms. The van der Waals surface area contributed by atoms with Crippen LogP contribution in [0.3, 0.4) is 0 Å². The van der Waals surface area contributed by atoms with E-state index in [4.69, 9.17) is 0 Å². The number of unbranched alkanes of at least 4 members (excludes halogenated alkanes) is 1. The Balaban J connectivity index is 2.27. The lowest BCUT2D eigenvalue weighted by Gasteiger charge is -2.36. The van der Waals surface area contributed by atoms with Crippen LogP contribution >= 0.6 is 0 Å². The molecular weight excluding hydrogens is 144 g/mol. The molecule has 0 spiro atoms. The largest absolute Gasteiger partial charge is 0.0654 e. The lowest BCUT2D eigenvalue weighted by molar-refractivity contribution is 0.147. The van der Waals surface area contributed by atoms with E-state index in [-0.39, 0.29) is 0 Å². The maximum absolute atomic E-state index is 2.40. The molecule has 0 saturated heterocycles. The van der Waals surface area contributed by atoms with Gasteiger partial charge in [0.05, 0.1) is 0 Å². The van der Waals surface area contributed by atoms with Gasteiger partial charge in [0.15, 0.2) is 0 Å². The fraction of sp³-hybridized carbons (Fsp3) is 1.00. The van der Waals surface area contributed by atoms with Gasteiger partial charge in [-0.05, 0) is 24.2 Å². The van der Waals surface area contributed by atoms with Gasteiger partial charge in [-0.3, -0.25) is 0 Å². The van der Waals surface area contributed by atoms with Crippen LogP contribution in [0.25, 0.3) is 0 Å². The third-order valence-electron chi connectivity index (χ3n) is 3.50. The van der Waals surface area contributed by atoms with E-state index in [0.29, 0.717) is 0 Å². The van der Waals surface area contributed by atoms with Crippen molar-refractivity contribution in [3.8, 4) is 0 Å². The van der Waals surface area contributed by atoms with Gasteiger partial charge >= 0.3 is 0 Å². The molecule has 1 unspecified atom stereocenters. The lowest BCUT2D eigenvalue weighted by Crippen LogP contribution is -2.26. The Bertz CT molecular complexity index is 111. The maximum atomic E-state index is 2.40. The Hall–Kier alpha value is 0. The van der Waals surface area contributed by atoms with Crippen LogP contribution in [0.5, 0.6) is 0 Å². The fourth-order valence-corrected chi connectivity index (χ4v) is 2.42. The summed E-state index contributed by atoms with van der Waals surface area (Å²) in [6.45, 7) is 7.11. The average molecular weight is 168 g/mol. The highest BCUT2D eigenvalue weighted by Gasteiger charge is 2.28. The molecule has 0 aromatic rings. The Labute approximate surface area is 77.7 Å². The second-order valence-corrected chi connectivity index (χ2v) is 4.74. The van der Waals surface area contributed by atoms with Crippen molar-refractivity contribution in [3.63, 3.8) is 0 Å². The van der Waals surface area contributed by atoms with E-state index in [0.717, 1.165) is 17.8 Å². The minimum Gasteiger partial charge on any atom is -0.0654 e. The van der Waals surface area contributed by atoms with Crippen LogP contribution in [0.15, 0.2) is 0 Å². The molecule has 0 aromatic heterocycles. The first kappa shape index (κ1) is 10.1. The first-order valence-electron chi connectivity index (χ1n) is 5.75. The lowest BCUT2D eigenvalue weighted by atomic mass is 9.69. The van der Waals surface area contributed by atoms with Crippen molar-refractivity contribution in [2.45, 2.75) is 59.3 Å². The van der Waals surface area contributed by atoms with Crippen LogP contribution in [-0.4, -0.2) is 0 Å². The minimum atomic E-state index is 0.918. The first-order chi connectivity index (χ1) is 5.75. The van der Waals surface area contributed by atoms with Gasteiger partial charge < -0.3 is 0 Å². The zero-order valence-electron chi connectivity index (χ0n) is 8.97. The third-order valence-corrected chi connectivity index (χ3v) is 3.50. The molecule has 0 aliphatic heterocycles. The van der Waals surface area contributed by atoms with Crippen LogP contribution in [0, 0.1) is 17.8 Å². The van der Waals surface area contributed by atoms with Gasteiger partial charge in [0.25, 0.3) is 0 Å². The molecule has 1 fully saturated rings. The third kappa shape index (κ3) is 2.50. The summed E-state index contributed by atoms with van der Waals surface area (Å²) in [7, 11) is 0. The standard InChI is InChI=1S/C12H24/c1-4-5-9-12(10(2)3)11-7-6-8-11/h10-12H,4-9H2,1-3H3. The molecule has 0 heterocycles. The van der Waals surface area contributed by atoms with Crippen LogP contribution < -0.4 is 0 Å². The molecule has 0 aromatic carbocycles. The van der Waals surface area contributed by atoms with Gasteiger partial charge in [0.1, 0.15) is 0 Å². The maximum Gasteiger partial charge on any atom is -0.0363 e. The van der Waals surface area contributed by atoms with Gasteiger partial charge in [-0.25, -0.2) is 0 Å². The molecule has 0 heteroatoms. The molecule has 1 saturated carbocycles. The van der Waals surface area contributed by atoms with E-state index in [1.165, 1.54) is 38.5 Å². The predicted molar refractivity (Wildman–Crippen MR) is 55.2 cm³/mol. The normalized spacial score (nSPS) is 21.0. The predicted octanol–water partition coefficient (Wildman–Crippen LogP) is 4.25. The number of rotatable bonds is 5. The highest BCUT2D eigenvalue weighted by Crippen LogP contribution is 2.39. The minimum absolute atomic E-state index is 0.918. The Morgan fingerprint density at radius 3 is 2.25 bits per heavy atom. The Morgan fingerprint density at radius 1 is 1.25 bits per heavy atom. The van der Waals surface area contributed by atoms with Gasteiger partial charge in [-0.15, -0.1) is 0 Å². The molecule has 72 valence electrons. The van der Waals surface area contributed by atoms with E-state index < -0.39 is 0 Å². The van der Waals surface area contributed by atoms with Crippen molar-refractivity contribution in [1.82, 2.24) is 0 Å². The van der Waals surface area contributed by atoms with E-state index in [9.17, 15) is 0 Å². The topological polar surface area (TPSA) is 0 Å². The SMILES string of the molecule is CCCCC(C(C)C)C1CCC1. The Kier molecular flexibility index (Phi) is 4.11. The fourth-order valence-electron chi connectivity index (χ4n) is 2.42. The van der Waals surface area contributed by atoms with Crippen LogP contribution in [0.1, 0.15) is 59.3 Å². The molecule has 0 radical (unpaired) electrons. The highest BCUT2D eigenvalue weighted by molar-refractivity contribution is 4.79. The first-order valence-corrected chi connectivity index (χ1v) is 5.75. The van der Waals surface area contributed by atoms with Crippen LogP contribution in [0.2, 0.25) is 0 Å². The molecule has 0 N–H and O–H groups in total. The second-order valence-electron chi connectivity index (χ2n) is 4.74. The summed E-state index contributed by atoms with van der Waals surface area (Å²) in [5.74, 6) is 3.05. The summed E-state index contributed by atoms with van der Waals surface area (Å²) in [4.78, 5) is 0. The average Bonchev–Trinajstić information content (AvgIpc) is 1.93. The van der Waals surface area contributed by atoms with Crippen molar-refractivity contribution in [1.29, 1.82) is 0 Å². The van der Waals surface area contributed by atoms with Gasteiger partial charge in [0.2, 0.25) is 0 Å². The number of hydrogen-bond donors (Lipinski definition) is 0. The van der Waals surface area contributed by atoms with E-state index >= 15 is 0 Å². The summed E-state index contributed by atoms with van der Waals surface area (Å²) in [6.07, 6.45) is 8.84. The highest BCUT2D eigenvalue weighted by atomic mass is 14.3. The van der Waals surface area contributed by atoms with Gasteiger partial charge in [-0.2, -0.15) is 0 Å². The van der Waals surface area contributed by atoms with Crippen molar-refractivity contribution in [2.24, 2.45) is 17.8 Å². The van der Waals surface area contributed by atoms with Gasteiger partial charge in [-0.1, -0.05) is 52.9 Å². The molecular formula is C12H24. The van der Waals surface area contributed by atoms with Gasteiger partial charge in [0, 0.05) is 0 Å². The summed E-state index contributed by atoms with van der Waals surface area (Å²) >= 11 is 0. The summed E-state index contributed by atoms with van der Waals surface area (Å²) in [6, 6.07) is 0. The van der Waals surface area contributed by atoms with Crippen LogP contribution in [0.4, 0.5) is 0 Å². The molecule has 1 aliphatic rings. The van der Waals surface area contributed by atoms with Crippen molar-refractivity contribution < 1.29 is 0 Å². The summed E-state index contributed by atoms with van der Waals surface area (Å²) < 4.78 is 0.